The van der Waals surface area contributed by atoms with Gasteiger partial charge in [-0.25, -0.2) is 0 Å². The van der Waals surface area contributed by atoms with Gasteiger partial charge in [0, 0.05) is 51.7 Å². The largest absolute Gasteiger partial charge is 0.469 e. The van der Waals surface area contributed by atoms with Crippen LogP contribution in [0, 0.1) is 0 Å². The van der Waals surface area contributed by atoms with Gasteiger partial charge in [-0.2, -0.15) is 0 Å². The number of hydrogen-bond donors (Lipinski definition) is 1. The first-order chi connectivity index (χ1) is 9.51. The van der Waals surface area contributed by atoms with Crippen molar-refractivity contribution < 1.29 is 14.3 Å². The summed E-state index contributed by atoms with van der Waals surface area (Å²) in [6, 6.07) is 0.206. The van der Waals surface area contributed by atoms with Gasteiger partial charge in [-0.15, -0.1) is 0 Å². The lowest BCUT2D eigenvalue weighted by atomic mass is 10.2. The molecule has 6 nitrogen and oxygen atoms in total. The summed E-state index contributed by atoms with van der Waals surface area (Å²) in [5.41, 5.74) is 0. The summed E-state index contributed by atoms with van der Waals surface area (Å²) in [6.45, 7) is 9.31. The van der Waals surface area contributed by atoms with Gasteiger partial charge in [0.05, 0.1) is 13.5 Å². The average molecular weight is 285 g/mol. The Labute approximate surface area is 121 Å². The van der Waals surface area contributed by atoms with Gasteiger partial charge < -0.3 is 19.9 Å². The predicted octanol–water partition coefficient (Wildman–Crippen LogP) is 0.0818. The number of methoxy groups -OCH3 is 1. The molecule has 1 fully saturated rings. The molecule has 1 amide bonds. The molecule has 0 radical (unpaired) electrons. The first-order valence-electron chi connectivity index (χ1n) is 7.32. The maximum Gasteiger partial charge on any atom is 0.306 e. The molecular weight excluding hydrogens is 258 g/mol. The number of nitrogens with one attached hydrogen (secondary N) is 1. The summed E-state index contributed by atoms with van der Waals surface area (Å²) in [7, 11) is 1.42. The fraction of sp³-hybridized carbons (Fsp3) is 0.857. The van der Waals surface area contributed by atoms with E-state index in [2.05, 4.69) is 19.9 Å². The zero-order valence-electron chi connectivity index (χ0n) is 12.9. The molecule has 1 heterocycles. The molecule has 0 atom stereocenters. The molecule has 0 aromatic heterocycles. The van der Waals surface area contributed by atoms with Crippen LogP contribution in [0.1, 0.15) is 26.7 Å². The third kappa shape index (κ3) is 6.86. The number of carbonyl (C=O) groups excluding carboxylic acids is 2. The minimum absolute atomic E-state index is 0.119. The summed E-state index contributed by atoms with van der Waals surface area (Å²) >= 11 is 0. The predicted molar refractivity (Wildman–Crippen MR) is 77.4 cm³/mol. The lowest BCUT2D eigenvalue weighted by molar-refractivity contribution is -0.141. The number of hydrogen-bond acceptors (Lipinski definition) is 5. The number of piperazine rings is 1. The van der Waals surface area contributed by atoms with Crippen molar-refractivity contribution in [1.82, 2.24) is 15.1 Å². The van der Waals surface area contributed by atoms with Crippen molar-refractivity contribution in [2.75, 3.05) is 46.4 Å². The zero-order valence-corrected chi connectivity index (χ0v) is 12.9. The molecule has 1 N–H and O–H groups in total. The number of nitrogens with zero attached hydrogens (tertiary/aromatic N) is 2. The highest BCUT2D eigenvalue weighted by molar-refractivity contribution is 5.76. The van der Waals surface area contributed by atoms with E-state index < -0.39 is 0 Å². The van der Waals surface area contributed by atoms with Gasteiger partial charge in [0.2, 0.25) is 5.91 Å². The van der Waals surface area contributed by atoms with Crippen LogP contribution < -0.4 is 5.32 Å². The van der Waals surface area contributed by atoms with Crippen LogP contribution in [0.2, 0.25) is 0 Å². The molecule has 0 aliphatic carbocycles. The van der Waals surface area contributed by atoms with Crippen LogP contribution in [0.15, 0.2) is 0 Å². The first kappa shape index (κ1) is 16.9. The van der Waals surface area contributed by atoms with Crippen LogP contribution in [-0.2, 0) is 14.3 Å². The monoisotopic (exact) mass is 285 g/mol. The number of rotatable bonds is 7. The summed E-state index contributed by atoms with van der Waals surface area (Å²) in [4.78, 5) is 27.2. The van der Waals surface area contributed by atoms with Gasteiger partial charge in [0.15, 0.2) is 0 Å². The summed E-state index contributed by atoms with van der Waals surface area (Å²) in [5.74, 6) is -0.0362. The van der Waals surface area contributed by atoms with Gasteiger partial charge in [0.1, 0.15) is 0 Å². The SMILES string of the molecule is COC(=O)CCN1CCN(CCC(=O)NC(C)C)CC1. The van der Waals surface area contributed by atoms with E-state index in [0.717, 1.165) is 39.3 Å². The van der Waals surface area contributed by atoms with Crippen molar-refractivity contribution >= 4 is 11.9 Å². The van der Waals surface area contributed by atoms with Crippen LogP contribution in [-0.4, -0.2) is 74.1 Å². The highest BCUT2D eigenvalue weighted by atomic mass is 16.5. The number of carbonyl (C=O) groups is 2. The zero-order chi connectivity index (χ0) is 15.0. The molecule has 20 heavy (non-hydrogen) atoms. The molecule has 0 aromatic carbocycles. The molecule has 1 saturated heterocycles. The Balaban J connectivity index is 2.12. The van der Waals surface area contributed by atoms with E-state index in [1.807, 2.05) is 13.8 Å². The van der Waals surface area contributed by atoms with Crippen molar-refractivity contribution in [2.24, 2.45) is 0 Å². The van der Waals surface area contributed by atoms with Crippen molar-refractivity contribution in [2.45, 2.75) is 32.7 Å². The minimum Gasteiger partial charge on any atom is -0.469 e. The molecule has 0 spiro atoms. The van der Waals surface area contributed by atoms with Gasteiger partial charge >= 0.3 is 5.97 Å². The standard InChI is InChI=1S/C14H27N3O3/c1-12(2)15-13(18)4-6-16-8-10-17(11-9-16)7-5-14(19)20-3/h12H,4-11H2,1-3H3,(H,15,18). The van der Waals surface area contributed by atoms with Crippen LogP contribution in [0.4, 0.5) is 0 Å². The summed E-state index contributed by atoms with van der Waals surface area (Å²) in [5, 5.41) is 2.90. The Morgan fingerprint density at radius 3 is 2.00 bits per heavy atom. The smallest absolute Gasteiger partial charge is 0.306 e. The second kappa shape index (κ2) is 8.92. The Kier molecular flexibility index (Phi) is 7.54. The van der Waals surface area contributed by atoms with Gasteiger partial charge in [-0.1, -0.05) is 0 Å². The highest BCUT2D eigenvalue weighted by Gasteiger charge is 2.18. The van der Waals surface area contributed by atoms with Gasteiger partial charge in [-0.3, -0.25) is 9.59 Å². The molecule has 1 aliphatic heterocycles. The van der Waals surface area contributed by atoms with E-state index in [-0.39, 0.29) is 17.9 Å². The Hall–Kier alpha value is -1.14. The lowest BCUT2D eigenvalue weighted by Gasteiger charge is -2.34. The minimum atomic E-state index is -0.155. The van der Waals surface area contributed by atoms with Crippen LogP contribution >= 0.6 is 0 Å². The maximum absolute atomic E-state index is 11.6. The van der Waals surface area contributed by atoms with Crippen molar-refractivity contribution in [1.29, 1.82) is 0 Å². The van der Waals surface area contributed by atoms with E-state index in [1.165, 1.54) is 7.11 Å². The second-order valence-corrected chi connectivity index (χ2v) is 5.48. The first-order valence-corrected chi connectivity index (χ1v) is 7.32. The normalized spacial score (nSPS) is 17.2. The van der Waals surface area contributed by atoms with E-state index >= 15 is 0 Å². The van der Waals surface area contributed by atoms with E-state index in [1.54, 1.807) is 0 Å². The number of amides is 1. The average Bonchev–Trinajstić information content (AvgIpc) is 2.43. The Morgan fingerprint density at radius 1 is 1.05 bits per heavy atom. The number of esters is 1. The molecule has 1 rings (SSSR count). The van der Waals surface area contributed by atoms with Crippen molar-refractivity contribution in [3.05, 3.63) is 0 Å². The molecule has 0 aromatic rings. The van der Waals surface area contributed by atoms with E-state index in [4.69, 9.17) is 0 Å². The molecule has 1 aliphatic rings. The van der Waals surface area contributed by atoms with Crippen molar-refractivity contribution in [3.8, 4) is 0 Å². The summed E-state index contributed by atoms with van der Waals surface area (Å²) in [6.07, 6.45) is 1.01. The van der Waals surface area contributed by atoms with Crippen LogP contribution in [0.3, 0.4) is 0 Å². The van der Waals surface area contributed by atoms with Crippen LogP contribution in [0.25, 0.3) is 0 Å². The highest BCUT2D eigenvalue weighted by Crippen LogP contribution is 2.03. The third-order valence-electron chi connectivity index (χ3n) is 3.43. The third-order valence-corrected chi connectivity index (χ3v) is 3.43. The van der Waals surface area contributed by atoms with E-state index in [9.17, 15) is 9.59 Å². The molecule has 116 valence electrons. The van der Waals surface area contributed by atoms with Crippen LogP contribution in [0.5, 0.6) is 0 Å². The number of ether oxygens (including phenoxy) is 1. The Morgan fingerprint density at radius 2 is 1.55 bits per heavy atom. The summed E-state index contributed by atoms with van der Waals surface area (Å²) < 4.78 is 4.64. The molecular formula is C14H27N3O3. The molecule has 0 saturated carbocycles. The topological polar surface area (TPSA) is 61.9 Å². The van der Waals surface area contributed by atoms with Gasteiger partial charge in [-0.05, 0) is 13.8 Å². The van der Waals surface area contributed by atoms with Gasteiger partial charge in [0.25, 0.3) is 0 Å². The maximum atomic E-state index is 11.6. The lowest BCUT2D eigenvalue weighted by Crippen LogP contribution is -2.47. The second-order valence-electron chi connectivity index (χ2n) is 5.48. The van der Waals surface area contributed by atoms with Crippen molar-refractivity contribution in [3.63, 3.8) is 0 Å². The Bertz CT molecular complexity index is 313. The molecule has 0 bridgehead atoms. The molecule has 0 unspecified atom stereocenters. The van der Waals surface area contributed by atoms with E-state index in [0.29, 0.717) is 12.8 Å². The fourth-order valence-electron chi connectivity index (χ4n) is 2.24. The molecule has 6 heteroatoms. The fourth-order valence-corrected chi connectivity index (χ4v) is 2.24. The quantitative estimate of drug-likeness (QED) is 0.671.